The average molecular weight is 358 g/mol. The van der Waals surface area contributed by atoms with Gasteiger partial charge in [0.05, 0.1) is 17.3 Å². The van der Waals surface area contributed by atoms with Crippen molar-refractivity contribution in [2.24, 2.45) is 10.7 Å². The Kier molecular flexibility index (Phi) is 6.25. The fraction of sp³-hybridized carbons (Fsp3) is 0.368. The molecule has 0 spiro atoms. The minimum Gasteiger partial charge on any atom is -0.370 e. The number of aliphatic imine (C=N–C) groups is 1. The van der Waals surface area contributed by atoms with Crippen LogP contribution in [0.15, 0.2) is 53.7 Å². The summed E-state index contributed by atoms with van der Waals surface area (Å²) in [6.07, 6.45) is 3.77. The predicted molar refractivity (Wildman–Crippen MR) is 102 cm³/mol. The third-order valence-corrected chi connectivity index (χ3v) is 4.61. The van der Waals surface area contributed by atoms with E-state index < -0.39 is 0 Å². The van der Waals surface area contributed by atoms with E-state index in [9.17, 15) is 0 Å². The van der Waals surface area contributed by atoms with Gasteiger partial charge in [-0.1, -0.05) is 41.9 Å². The first-order valence-electron chi connectivity index (χ1n) is 8.62. The molecule has 25 heavy (non-hydrogen) atoms. The van der Waals surface area contributed by atoms with Crippen molar-refractivity contribution in [3.05, 3.63) is 64.9 Å². The highest BCUT2D eigenvalue weighted by Gasteiger charge is 2.19. The summed E-state index contributed by atoms with van der Waals surface area (Å²) < 4.78 is 0. The highest BCUT2D eigenvalue weighted by molar-refractivity contribution is 6.30. The number of halogens is 1. The largest absolute Gasteiger partial charge is 0.370 e. The topological polar surface area (TPSA) is 66.5 Å². The van der Waals surface area contributed by atoms with Crippen LogP contribution >= 0.6 is 11.6 Å². The third kappa shape index (κ3) is 5.73. The van der Waals surface area contributed by atoms with E-state index in [1.165, 1.54) is 5.56 Å². The molecule has 5 nitrogen and oxygen atoms in total. The smallest absolute Gasteiger partial charge is 0.189 e. The summed E-state index contributed by atoms with van der Waals surface area (Å²) in [5.41, 5.74) is 8.23. The molecule has 1 saturated heterocycles. The number of rotatable bonds is 5. The molecule has 0 radical (unpaired) electrons. The van der Waals surface area contributed by atoms with Gasteiger partial charge in [0.15, 0.2) is 5.96 Å². The Morgan fingerprint density at radius 3 is 2.64 bits per heavy atom. The number of benzene rings is 1. The van der Waals surface area contributed by atoms with Crippen LogP contribution in [0, 0.1) is 0 Å². The van der Waals surface area contributed by atoms with Gasteiger partial charge in [-0.3, -0.25) is 9.88 Å². The Morgan fingerprint density at radius 2 is 1.96 bits per heavy atom. The Bertz CT molecular complexity index is 679. The lowest BCUT2D eigenvalue weighted by atomic mass is 10.0. The molecule has 0 atom stereocenters. The van der Waals surface area contributed by atoms with E-state index in [1.54, 1.807) is 6.20 Å². The van der Waals surface area contributed by atoms with Crippen molar-refractivity contribution in [2.45, 2.75) is 32.0 Å². The van der Waals surface area contributed by atoms with E-state index in [0.29, 0.717) is 23.6 Å². The zero-order chi connectivity index (χ0) is 17.5. The molecule has 0 saturated carbocycles. The molecule has 3 N–H and O–H groups in total. The normalized spacial score (nSPS) is 16.8. The zero-order valence-electron chi connectivity index (χ0n) is 14.2. The lowest BCUT2D eigenvalue weighted by Gasteiger charge is -2.32. The van der Waals surface area contributed by atoms with E-state index in [2.05, 4.69) is 50.5 Å². The molecule has 1 aliphatic rings. The number of aromatic nitrogens is 1. The van der Waals surface area contributed by atoms with Gasteiger partial charge < -0.3 is 11.1 Å². The molecular formula is C19H24ClN5. The number of likely N-dealkylation sites (tertiary alicyclic amines) is 1. The zero-order valence-corrected chi connectivity index (χ0v) is 15.0. The summed E-state index contributed by atoms with van der Waals surface area (Å²) in [6, 6.07) is 14.7. The minimum absolute atomic E-state index is 0.383. The number of hydrogen-bond acceptors (Lipinski definition) is 3. The van der Waals surface area contributed by atoms with Crippen molar-refractivity contribution in [1.82, 2.24) is 15.2 Å². The van der Waals surface area contributed by atoms with Gasteiger partial charge in [0.1, 0.15) is 0 Å². The highest BCUT2D eigenvalue weighted by Crippen LogP contribution is 2.13. The number of nitrogens with two attached hydrogens (primary N) is 1. The second kappa shape index (κ2) is 8.83. The maximum absolute atomic E-state index is 6.01. The van der Waals surface area contributed by atoms with Crippen LogP contribution in [0.2, 0.25) is 5.02 Å². The van der Waals surface area contributed by atoms with Crippen LogP contribution in [0.3, 0.4) is 0 Å². The highest BCUT2D eigenvalue weighted by atomic mass is 35.5. The first kappa shape index (κ1) is 17.7. The van der Waals surface area contributed by atoms with Gasteiger partial charge in [0.25, 0.3) is 0 Å². The van der Waals surface area contributed by atoms with Crippen molar-refractivity contribution < 1.29 is 0 Å². The molecule has 1 aliphatic heterocycles. The summed E-state index contributed by atoms with van der Waals surface area (Å²) in [7, 11) is 0. The molecule has 2 heterocycles. The van der Waals surface area contributed by atoms with Crippen molar-refractivity contribution in [2.75, 3.05) is 13.1 Å². The SMILES string of the molecule is NC(=NCc1ccc(Cl)cn1)NC1CCN(Cc2ccccc2)CC1. The molecule has 0 bridgehead atoms. The van der Waals surface area contributed by atoms with E-state index in [4.69, 9.17) is 17.3 Å². The summed E-state index contributed by atoms with van der Waals surface area (Å²) in [5.74, 6) is 0.484. The van der Waals surface area contributed by atoms with Crippen LogP contribution in [-0.4, -0.2) is 35.0 Å². The van der Waals surface area contributed by atoms with Crippen molar-refractivity contribution in [3.8, 4) is 0 Å². The van der Waals surface area contributed by atoms with Crippen molar-refractivity contribution >= 4 is 17.6 Å². The Morgan fingerprint density at radius 1 is 1.20 bits per heavy atom. The quantitative estimate of drug-likeness (QED) is 0.638. The van der Waals surface area contributed by atoms with Crippen molar-refractivity contribution in [1.29, 1.82) is 0 Å². The molecule has 0 aliphatic carbocycles. The average Bonchev–Trinajstić information content (AvgIpc) is 2.64. The Hall–Kier alpha value is -2.11. The third-order valence-electron chi connectivity index (χ3n) is 4.39. The summed E-state index contributed by atoms with van der Waals surface area (Å²) >= 11 is 5.83. The number of hydrogen-bond donors (Lipinski definition) is 2. The van der Waals surface area contributed by atoms with Crippen LogP contribution in [-0.2, 0) is 13.1 Å². The first-order chi connectivity index (χ1) is 12.2. The second-order valence-corrected chi connectivity index (χ2v) is 6.79. The lowest BCUT2D eigenvalue weighted by molar-refractivity contribution is 0.199. The molecular weight excluding hydrogens is 334 g/mol. The van der Waals surface area contributed by atoms with Gasteiger partial charge in [-0.25, -0.2) is 4.99 Å². The fourth-order valence-corrected chi connectivity index (χ4v) is 3.11. The van der Waals surface area contributed by atoms with Crippen LogP contribution in [0.4, 0.5) is 0 Å². The van der Waals surface area contributed by atoms with Gasteiger partial charge >= 0.3 is 0 Å². The van der Waals surface area contributed by atoms with Gasteiger partial charge in [0.2, 0.25) is 0 Å². The minimum atomic E-state index is 0.383. The molecule has 2 aromatic rings. The number of nitrogens with zero attached hydrogens (tertiary/aromatic N) is 3. The Balaban J connectivity index is 1.42. The van der Waals surface area contributed by atoms with Gasteiger partial charge in [-0.2, -0.15) is 0 Å². The van der Waals surface area contributed by atoms with E-state index in [-0.39, 0.29) is 0 Å². The van der Waals surface area contributed by atoms with Gasteiger partial charge in [0, 0.05) is 31.9 Å². The van der Waals surface area contributed by atoms with E-state index >= 15 is 0 Å². The van der Waals surface area contributed by atoms with Gasteiger partial charge in [-0.05, 0) is 30.5 Å². The number of nitrogens with one attached hydrogen (secondary N) is 1. The number of pyridine rings is 1. The number of piperidine rings is 1. The molecule has 3 rings (SSSR count). The van der Waals surface area contributed by atoms with Crippen LogP contribution in [0.25, 0.3) is 0 Å². The fourth-order valence-electron chi connectivity index (χ4n) is 3.00. The molecule has 0 unspecified atom stereocenters. The maximum Gasteiger partial charge on any atom is 0.189 e. The molecule has 6 heteroatoms. The van der Waals surface area contributed by atoms with E-state index in [1.807, 2.05) is 12.1 Å². The molecule has 132 valence electrons. The standard InChI is InChI=1S/C19H24ClN5/c20-16-6-7-18(22-12-16)13-23-19(21)24-17-8-10-25(11-9-17)14-15-4-2-1-3-5-15/h1-7,12,17H,8-11,13-14H2,(H3,21,23,24). The molecule has 1 aromatic heterocycles. The summed E-state index contributed by atoms with van der Waals surface area (Å²) in [4.78, 5) is 11.1. The summed E-state index contributed by atoms with van der Waals surface area (Å²) in [5, 5.41) is 3.96. The van der Waals surface area contributed by atoms with Crippen molar-refractivity contribution in [3.63, 3.8) is 0 Å². The monoisotopic (exact) mass is 357 g/mol. The second-order valence-electron chi connectivity index (χ2n) is 6.35. The van der Waals surface area contributed by atoms with Crippen LogP contribution < -0.4 is 11.1 Å². The first-order valence-corrected chi connectivity index (χ1v) is 9.00. The maximum atomic E-state index is 6.01. The molecule has 1 aromatic carbocycles. The van der Waals surface area contributed by atoms with Crippen LogP contribution in [0.1, 0.15) is 24.1 Å². The summed E-state index contributed by atoms with van der Waals surface area (Å²) in [6.45, 7) is 3.61. The van der Waals surface area contributed by atoms with E-state index in [0.717, 1.165) is 38.2 Å². The predicted octanol–water partition coefficient (Wildman–Crippen LogP) is 2.80. The molecule has 0 amide bonds. The Labute approximate surface area is 153 Å². The molecule has 1 fully saturated rings. The lowest BCUT2D eigenvalue weighted by Crippen LogP contribution is -2.46. The van der Waals surface area contributed by atoms with Crippen LogP contribution in [0.5, 0.6) is 0 Å². The van der Waals surface area contributed by atoms with Gasteiger partial charge in [-0.15, -0.1) is 0 Å². The number of guanidine groups is 1.